The van der Waals surface area contributed by atoms with E-state index in [1.165, 1.54) is 4.31 Å². The summed E-state index contributed by atoms with van der Waals surface area (Å²) < 4.78 is 27.0. The van der Waals surface area contributed by atoms with Crippen LogP contribution in [-0.2, 0) is 20.6 Å². The number of carbonyl (C=O) groups is 1. The van der Waals surface area contributed by atoms with Gasteiger partial charge in [0.1, 0.15) is 0 Å². The average molecular weight is 453 g/mol. The molecular weight excluding hydrogens is 428 g/mol. The van der Waals surface area contributed by atoms with Crippen molar-refractivity contribution in [2.24, 2.45) is 5.92 Å². The Bertz CT molecular complexity index is 923. The van der Waals surface area contributed by atoms with Crippen molar-refractivity contribution in [2.75, 3.05) is 25.4 Å². The standard InChI is InChI=1S/C21H25ClN2O3S2/c22-19-8-4-6-17(14-19)16-28-13-11-23-21(25)18-7-5-12-24(15-18)29(26,27)20-9-2-1-3-10-20/h1-4,6,8-10,14,18H,5,7,11-13,15-16H2,(H,23,25)/t18-/m1/s1. The van der Waals surface area contributed by atoms with Gasteiger partial charge in [0.15, 0.2) is 0 Å². The summed E-state index contributed by atoms with van der Waals surface area (Å²) in [6.45, 7) is 1.25. The van der Waals surface area contributed by atoms with E-state index in [2.05, 4.69) is 5.32 Å². The highest BCUT2D eigenvalue weighted by Crippen LogP contribution is 2.24. The molecule has 1 aliphatic rings. The zero-order valence-electron chi connectivity index (χ0n) is 16.1. The minimum atomic E-state index is -3.55. The van der Waals surface area contributed by atoms with Crippen LogP contribution in [-0.4, -0.2) is 44.0 Å². The molecule has 1 N–H and O–H groups in total. The second-order valence-electron chi connectivity index (χ2n) is 6.99. The first kappa shape index (κ1) is 22.2. The Morgan fingerprint density at radius 3 is 2.72 bits per heavy atom. The predicted molar refractivity (Wildman–Crippen MR) is 119 cm³/mol. The number of thioether (sulfide) groups is 1. The molecule has 5 nitrogen and oxygen atoms in total. The van der Waals surface area contributed by atoms with E-state index in [4.69, 9.17) is 11.6 Å². The fraction of sp³-hybridized carbons (Fsp3) is 0.381. The Morgan fingerprint density at radius 2 is 1.97 bits per heavy atom. The maximum atomic E-state index is 12.8. The van der Waals surface area contributed by atoms with Gasteiger partial charge in [0.2, 0.25) is 15.9 Å². The number of hydrogen-bond donors (Lipinski definition) is 1. The van der Waals surface area contributed by atoms with Crippen LogP contribution in [0.3, 0.4) is 0 Å². The van der Waals surface area contributed by atoms with E-state index >= 15 is 0 Å². The third kappa shape index (κ3) is 6.22. The lowest BCUT2D eigenvalue weighted by atomic mass is 9.99. The number of hydrogen-bond acceptors (Lipinski definition) is 4. The van der Waals surface area contributed by atoms with Gasteiger partial charge >= 0.3 is 0 Å². The summed E-state index contributed by atoms with van der Waals surface area (Å²) in [6.07, 6.45) is 1.40. The zero-order valence-corrected chi connectivity index (χ0v) is 18.5. The van der Waals surface area contributed by atoms with Crippen LogP contribution in [0.15, 0.2) is 59.5 Å². The smallest absolute Gasteiger partial charge is 0.243 e. The summed E-state index contributed by atoms with van der Waals surface area (Å²) in [5.74, 6) is 1.25. The maximum absolute atomic E-state index is 12.8. The highest BCUT2D eigenvalue weighted by Gasteiger charge is 2.33. The average Bonchev–Trinajstić information content (AvgIpc) is 2.74. The molecule has 2 aromatic rings. The van der Waals surface area contributed by atoms with Crippen LogP contribution in [0.2, 0.25) is 5.02 Å². The molecule has 29 heavy (non-hydrogen) atoms. The number of sulfonamides is 1. The monoisotopic (exact) mass is 452 g/mol. The van der Waals surface area contributed by atoms with E-state index in [-0.39, 0.29) is 23.3 Å². The molecule has 3 rings (SSSR count). The molecule has 0 bridgehead atoms. The predicted octanol–water partition coefficient (Wildman–Crippen LogP) is 3.79. The van der Waals surface area contributed by atoms with Crippen molar-refractivity contribution in [3.63, 3.8) is 0 Å². The summed E-state index contributed by atoms with van der Waals surface area (Å²) in [7, 11) is -3.55. The first-order valence-electron chi connectivity index (χ1n) is 9.62. The van der Waals surface area contributed by atoms with Gasteiger partial charge in [-0.3, -0.25) is 4.79 Å². The van der Waals surface area contributed by atoms with Crippen LogP contribution < -0.4 is 5.32 Å². The molecule has 0 radical (unpaired) electrons. The summed E-state index contributed by atoms with van der Waals surface area (Å²) in [5, 5.41) is 3.68. The van der Waals surface area contributed by atoms with Crippen LogP contribution in [0.1, 0.15) is 18.4 Å². The quantitative estimate of drug-likeness (QED) is 0.619. The Morgan fingerprint density at radius 1 is 1.17 bits per heavy atom. The van der Waals surface area contributed by atoms with Crippen molar-refractivity contribution >= 4 is 39.3 Å². The normalized spacial score (nSPS) is 17.8. The number of piperidine rings is 1. The third-order valence-corrected chi connectivity index (χ3v) is 7.98. The second-order valence-corrected chi connectivity index (χ2v) is 10.5. The molecule has 0 spiro atoms. The molecule has 1 atom stereocenters. The first-order chi connectivity index (χ1) is 14.0. The fourth-order valence-electron chi connectivity index (χ4n) is 3.32. The van der Waals surface area contributed by atoms with Gasteiger partial charge in [-0.05, 0) is 42.7 Å². The number of carbonyl (C=O) groups excluding carboxylic acids is 1. The van der Waals surface area contributed by atoms with Gasteiger partial charge < -0.3 is 5.32 Å². The maximum Gasteiger partial charge on any atom is 0.243 e. The lowest BCUT2D eigenvalue weighted by Crippen LogP contribution is -2.45. The summed E-state index contributed by atoms with van der Waals surface area (Å²) in [6, 6.07) is 16.1. The van der Waals surface area contributed by atoms with Gasteiger partial charge in [0, 0.05) is 36.2 Å². The molecular formula is C21H25ClN2O3S2. The minimum absolute atomic E-state index is 0.0682. The summed E-state index contributed by atoms with van der Waals surface area (Å²) >= 11 is 7.71. The molecule has 156 valence electrons. The van der Waals surface area contributed by atoms with Gasteiger partial charge in [-0.2, -0.15) is 16.1 Å². The van der Waals surface area contributed by atoms with Gasteiger partial charge in [0.05, 0.1) is 10.8 Å². The van der Waals surface area contributed by atoms with Crippen molar-refractivity contribution in [3.8, 4) is 0 Å². The van der Waals surface area contributed by atoms with Crippen LogP contribution in [0.5, 0.6) is 0 Å². The van der Waals surface area contributed by atoms with E-state index < -0.39 is 10.0 Å². The number of benzene rings is 2. The minimum Gasteiger partial charge on any atom is -0.355 e. The zero-order chi connectivity index (χ0) is 20.7. The van der Waals surface area contributed by atoms with E-state index in [0.29, 0.717) is 25.9 Å². The lowest BCUT2D eigenvalue weighted by molar-refractivity contribution is -0.125. The molecule has 0 aliphatic carbocycles. The van der Waals surface area contributed by atoms with Gasteiger partial charge in [-0.1, -0.05) is 41.9 Å². The number of nitrogens with zero attached hydrogens (tertiary/aromatic N) is 1. The molecule has 0 aromatic heterocycles. The van der Waals surface area contributed by atoms with Crippen molar-refractivity contribution in [1.29, 1.82) is 0 Å². The van der Waals surface area contributed by atoms with Crippen molar-refractivity contribution in [2.45, 2.75) is 23.5 Å². The molecule has 8 heteroatoms. The highest BCUT2D eigenvalue weighted by atomic mass is 35.5. The summed E-state index contributed by atoms with van der Waals surface area (Å²) in [4.78, 5) is 12.8. The Balaban J connectivity index is 1.45. The molecule has 2 aromatic carbocycles. The molecule has 1 aliphatic heterocycles. The first-order valence-corrected chi connectivity index (χ1v) is 12.6. The van der Waals surface area contributed by atoms with Crippen LogP contribution >= 0.6 is 23.4 Å². The van der Waals surface area contributed by atoms with E-state index in [1.807, 2.05) is 24.3 Å². The number of rotatable bonds is 8. The largest absolute Gasteiger partial charge is 0.355 e. The van der Waals surface area contributed by atoms with Gasteiger partial charge in [-0.15, -0.1) is 0 Å². The lowest BCUT2D eigenvalue weighted by Gasteiger charge is -2.31. The number of nitrogens with one attached hydrogen (secondary N) is 1. The third-order valence-electron chi connectivity index (χ3n) is 4.84. The van der Waals surface area contributed by atoms with Gasteiger partial charge in [0.25, 0.3) is 0 Å². The van der Waals surface area contributed by atoms with Crippen molar-refractivity contribution in [3.05, 3.63) is 65.2 Å². The van der Waals surface area contributed by atoms with Crippen LogP contribution in [0, 0.1) is 5.92 Å². The molecule has 0 saturated carbocycles. The Hall–Kier alpha value is -1.54. The Kier molecular flexibility index (Phi) is 8.00. The van der Waals surface area contributed by atoms with Crippen LogP contribution in [0.25, 0.3) is 0 Å². The number of amides is 1. The summed E-state index contributed by atoms with van der Waals surface area (Å²) in [5.41, 5.74) is 1.16. The highest BCUT2D eigenvalue weighted by molar-refractivity contribution is 7.98. The van der Waals surface area contributed by atoms with E-state index in [1.54, 1.807) is 42.1 Å². The van der Waals surface area contributed by atoms with Crippen molar-refractivity contribution in [1.82, 2.24) is 9.62 Å². The van der Waals surface area contributed by atoms with E-state index in [0.717, 1.165) is 22.1 Å². The van der Waals surface area contributed by atoms with E-state index in [9.17, 15) is 13.2 Å². The number of halogens is 1. The molecule has 1 fully saturated rings. The molecule has 1 amide bonds. The van der Waals surface area contributed by atoms with Gasteiger partial charge in [-0.25, -0.2) is 8.42 Å². The topological polar surface area (TPSA) is 66.5 Å². The van der Waals surface area contributed by atoms with Crippen LogP contribution in [0.4, 0.5) is 0 Å². The Labute approximate surface area is 181 Å². The molecule has 1 heterocycles. The second kappa shape index (κ2) is 10.5. The fourth-order valence-corrected chi connectivity index (χ4v) is 5.89. The van der Waals surface area contributed by atoms with Crippen molar-refractivity contribution < 1.29 is 13.2 Å². The SMILES string of the molecule is O=C(NCCSCc1cccc(Cl)c1)[C@@H]1CCCN(S(=O)(=O)c2ccccc2)C1. The molecule has 0 unspecified atom stereocenters. The molecule has 1 saturated heterocycles.